The Bertz CT molecular complexity index is 1810. The number of hydrogen-bond donors (Lipinski definition) is 1. The number of anilines is 1. The van der Waals surface area contributed by atoms with Crippen LogP contribution in [-0.2, 0) is 4.79 Å². The van der Waals surface area contributed by atoms with Gasteiger partial charge >= 0.3 is 0 Å². The van der Waals surface area contributed by atoms with Crippen LogP contribution in [0.4, 0.5) is 15.8 Å². The Morgan fingerprint density at radius 1 is 1.05 bits per heavy atom. The summed E-state index contributed by atoms with van der Waals surface area (Å²) < 4.78 is 21.6. The predicted octanol–water partition coefficient (Wildman–Crippen LogP) is 8.47. The average molecular weight is 546 g/mol. The molecule has 0 radical (unpaired) electrons. The minimum Gasteiger partial charge on any atom is -0.456 e. The number of rotatable bonds is 6. The van der Waals surface area contributed by atoms with Crippen LogP contribution in [-0.4, -0.2) is 22.9 Å². The molecular formula is C28H17ClFN3O2S2. The van der Waals surface area contributed by atoms with Crippen LogP contribution in [0.15, 0.2) is 92.6 Å². The maximum Gasteiger partial charge on any atom is 0.234 e. The zero-order chi connectivity index (χ0) is 25.4. The smallest absolute Gasteiger partial charge is 0.234 e. The van der Waals surface area contributed by atoms with Gasteiger partial charge in [0.1, 0.15) is 17.0 Å². The van der Waals surface area contributed by atoms with Gasteiger partial charge in [-0.2, -0.15) is 0 Å². The van der Waals surface area contributed by atoms with E-state index in [4.69, 9.17) is 16.0 Å². The third-order valence-corrected chi connectivity index (χ3v) is 8.17. The summed E-state index contributed by atoms with van der Waals surface area (Å²) in [5.41, 5.74) is 3.94. The van der Waals surface area contributed by atoms with E-state index in [0.29, 0.717) is 16.4 Å². The van der Waals surface area contributed by atoms with Gasteiger partial charge in [-0.1, -0.05) is 47.6 Å². The maximum absolute atomic E-state index is 14.0. The molecule has 0 aliphatic heterocycles. The number of halogens is 2. The minimum absolute atomic E-state index is 0.133. The summed E-state index contributed by atoms with van der Waals surface area (Å²) in [5.74, 6) is -0.342. The van der Waals surface area contributed by atoms with Crippen molar-refractivity contribution in [3.05, 3.63) is 95.3 Å². The molecule has 6 aromatic rings. The van der Waals surface area contributed by atoms with Crippen molar-refractivity contribution < 1.29 is 13.6 Å². The lowest BCUT2D eigenvalue weighted by Gasteiger charge is -2.04. The number of hydrogen-bond acceptors (Lipinski definition) is 6. The van der Waals surface area contributed by atoms with Gasteiger partial charge in [-0.05, 0) is 48.5 Å². The van der Waals surface area contributed by atoms with Gasteiger partial charge < -0.3 is 9.73 Å². The van der Waals surface area contributed by atoms with E-state index >= 15 is 0 Å². The highest BCUT2D eigenvalue weighted by Crippen LogP contribution is 2.33. The zero-order valence-electron chi connectivity index (χ0n) is 19.1. The first kappa shape index (κ1) is 23.7. The van der Waals surface area contributed by atoms with Gasteiger partial charge in [0.15, 0.2) is 4.34 Å². The first-order chi connectivity index (χ1) is 18.0. The number of furan rings is 1. The van der Waals surface area contributed by atoms with Crippen molar-refractivity contribution in [3.63, 3.8) is 0 Å². The molecule has 0 aliphatic rings. The molecular weight excluding hydrogens is 529 g/mol. The molecule has 182 valence electrons. The second-order valence-corrected chi connectivity index (χ2v) is 10.8. The van der Waals surface area contributed by atoms with Gasteiger partial charge in [0, 0.05) is 34.3 Å². The molecule has 2 heterocycles. The molecule has 9 heteroatoms. The Morgan fingerprint density at radius 2 is 1.92 bits per heavy atom. The average Bonchev–Trinajstić information content (AvgIpc) is 3.47. The van der Waals surface area contributed by atoms with Crippen molar-refractivity contribution in [3.8, 4) is 0 Å². The Hall–Kier alpha value is -3.72. The van der Waals surface area contributed by atoms with Crippen LogP contribution in [0.2, 0.25) is 5.02 Å². The Kier molecular flexibility index (Phi) is 6.38. The van der Waals surface area contributed by atoms with Crippen molar-refractivity contribution in [2.75, 3.05) is 11.1 Å². The molecule has 0 aliphatic carbocycles. The SMILES string of the molecule is O=C(CSc1nc2ccc(N=Cc3c(F)cccc3Cl)cc2s1)Nc1ccc2c(c1)oc1ccccc12. The molecule has 0 spiro atoms. The van der Waals surface area contributed by atoms with Crippen molar-refractivity contribution >= 4 is 90.4 Å². The molecule has 4 aromatic carbocycles. The summed E-state index contributed by atoms with van der Waals surface area (Å²) in [6, 6.07) is 23.6. The maximum atomic E-state index is 14.0. The van der Waals surface area contributed by atoms with E-state index in [1.807, 2.05) is 60.7 Å². The first-order valence-electron chi connectivity index (χ1n) is 11.3. The Balaban J connectivity index is 1.12. The first-order valence-corrected chi connectivity index (χ1v) is 13.4. The molecule has 0 fully saturated rings. The van der Waals surface area contributed by atoms with Gasteiger partial charge in [0.25, 0.3) is 0 Å². The molecule has 5 nitrogen and oxygen atoms in total. The second kappa shape index (κ2) is 9.97. The topological polar surface area (TPSA) is 67.5 Å². The van der Waals surface area contributed by atoms with Gasteiger partial charge in [-0.3, -0.25) is 9.79 Å². The zero-order valence-corrected chi connectivity index (χ0v) is 21.5. The molecule has 1 N–H and O–H groups in total. The summed E-state index contributed by atoms with van der Waals surface area (Å²) in [7, 11) is 0. The molecule has 0 atom stereocenters. The van der Waals surface area contributed by atoms with Crippen LogP contribution in [0.3, 0.4) is 0 Å². The molecule has 2 aromatic heterocycles. The Morgan fingerprint density at radius 3 is 2.81 bits per heavy atom. The molecule has 0 bridgehead atoms. The third kappa shape index (κ3) is 4.96. The minimum atomic E-state index is -0.426. The van der Waals surface area contributed by atoms with Gasteiger partial charge in [-0.25, -0.2) is 9.37 Å². The van der Waals surface area contributed by atoms with E-state index in [1.54, 1.807) is 12.1 Å². The summed E-state index contributed by atoms with van der Waals surface area (Å²) in [5, 5.41) is 5.29. The van der Waals surface area contributed by atoms with Crippen molar-refractivity contribution in [2.24, 2.45) is 4.99 Å². The van der Waals surface area contributed by atoms with Crippen molar-refractivity contribution in [1.29, 1.82) is 0 Å². The number of carbonyl (C=O) groups is 1. The highest BCUT2D eigenvalue weighted by molar-refractivity contribution is 8.01. The number of thiazole rings is 1. The molecule has 0 saturated carbocycles. The molecule has 1 amide bonds. The Labute approximate surface area is 224 Å². The van der Waals surface area contributed by atoms with Crippen LogP contribution >= 0.6 is 34.7 Å². The van der Waals surface area contributed by atoms with Gasteiger partial charge in [0.05, 0.1) is 26.7 Å². The number of amides is 1. The van der Waals surface area contributed by atoms with Crippen LogP contribution in [0, 0.1) is 5.82 Å². The highest BCUT2D eigenvalue weighted by Gasteiger charge is 2.11. The number of fused-ring (bicyclic) bond motifs is 4. The second-order valence-electron chi connectivity index (χ2n) is 8.17. The van der Waals surface area contributed by atoms with Crippen LogP contribution in [0.25, 0.3) is 32.2 Å². The lowest BCUT2D eigenvalue weighted by Crippen LogP contribution is -2.13. The fourth-order valence-electron chi connectivity index (χ4n) is 3.94. The third-order valence-electron chi connectivity index (χ3n) is 5.68. The lowest BCUT2D eigenvalue weighted by atomic mass is 10.1. The van der Waals surface area contributed by atoms with Crippen molar-refractivity contribution in [1.82, 2.24) is 4.98 Å². The largest absolute Gasteiger partial charge is 0.456 e. The summed E-state index contributed by atoms with van der Waals surface area (Å²) in [6.07, 6.45) is 1.42. The molecule has 0 saturated heterocycles. The van der Waals surface area contributed by atoms with E-state index in [1.165, 1.54) is 35.4 Å². The number of carbonyl (C=O) groups excluding carboxylic acids is 1. The lowest BCUT2D eigenvalue weighted by molar-refractivity contribution is -0.113. The number of aromatic nitrogens is 1. The van der Waals surface area contributed by atoms with Crippen molar-refractivity contribution in [2.45, 2.75) is 4.34 Å². The predicted molar refractivity (Wildman–Crippen MR) is 151 cm³/mol. The number of para-hydroxylation sites is 1. The monoisotopic (exact) mass is 545 g/mol. The molecule has 0 unspecified atom stereocenters. The number of benzene rings is 4. The highest BCUT2D eigenvalue weighted by atomic mass is 35.5. The van der Waals surface area contributed by atoms with Crippen LogP contribution in [0.5, 0.6) is 0 Å². The van der Waals surface area contributed by atoms with E-state index in [9.17, 15) is 9.18 Å². The van der Waals surface area contributed by atoms with E-state index in [2.05, 4.69) is 15.3 Å². The fraction of sp³-hybridized carbons (Fsp3) is 0.0357. The number of nitrogens with zero attached hydrogens (tertiary/aromatic N) is 2. The quantitative estimate of drug-likeness (QED) is 0.168. The van der Waals surface area contributed by atoms with E-state index < -0.39 is 5.82 Å². The van der Waals surface area contributed by atoms with Gasteiger partial charge in [0.2, 0.25) is 5.91 Å². The van der Waals surface area contributed by atoms with Crippen LogP contribution in [0.1, 0.15) is 5.56 Å². The summed E-state index contributed by atoms with van der Waals surface area (Å²) in [4.78, 5) is 21.6. The number of thioether (sulfide) groups is 1. The molecule has 6 rings (SSSR count). The number of aliphatic imine (C=N–C) groups is 1. The van der Waals surface area contributed by atoms with Gasteiger partial charge in [-0.15, -0.1) is 11.3 Å². The summed E-state index contributed by atoms with van der Waals surface area (Å²) in [6.45, 7) is 0. The summed E-state index contributed by atoms with van der Waals surface area (Å²) >= 11 is 8.91. The number of nitrogens with one attached hydrogen (secondary N) is 1. The normalized spacial score (nSPS) is 11.7. The van der Waals surface area contributed by atoms with E-state index in [-0.39, 0.29) is 17.2 Å². The van der Waals surface area contributed by atoms with Crippen LogP contribution < -0.4 is 5.32 Å². The fourth-order valence-corrected chi connectivity index (χ4v) is 6.05. The van der Waals surface area contributed by atoms with E-state index in [0.717, 1.165) is 36.5 Å². The standard InChI is InChI=1S/C28H17ClFN3O2S2/c29-21-5-3-6-22(30)20(21)14-31-16-9-11-23-26(13-16)37-28(33-23)36-15-27(34)32-17-8-10-19-18-4-1-2-7-24(18)35-25(19)12-17/h1-14H,15H2,(H,32,34). The molecule has 37 heavy (non-hydrogen) atoms.